The third-order valence-electron chi connectivity index (χ3n) is 1.76. The summed E-state index contributed by atoms with van der Waals surface area (Å²) < 4.78 is 36.7. The molecule has 0 aromatic carbocycles. The predicted octanol–water partition coefficient (Wildman–Crippen LogP) is 1.14. The van der Waals surface area contributed by atoms with E-state index in [9.17, 15) is 13.2 Å². The first-order valence-corrected chi connectivity index (χ1v) is 3.83. The maximum Gasteiger partial charge on any atom is 0.407 e. The number of alkyl halides is 3. The van der Waals surface area contributed by atoms with Crippen LogP contribution in [0.1, 0.15) is 17.3 Å². The standard InChI is InChI=1S/C8H9F3N2O/c9-8(10,11)7(12)5-2-1-3-13-6(5)4-14/h1-3,7,14H,4,12H2. The van der Waals surface area contributed by atoms with E-state index >= 15 is 0 Å². The number of rotatable bonds is 2. The van der Waals surface area contributed by atoms with Gasteiger partial charge in [-0.3, -0.25) is 4.98 Å². The topological polar surface area (TPSA) is 59.1 Å². The summed E-state index contributed by atoms with van der Waals surface area (Å²) in [6, 6.07) is 0.454. The Morgan fingerprint density at radius 3 is 2.64 bits per heavy atom. The summed E-state index contributed by atoms with van der Waals surface area (Å²) in [4.78, 5) is 3.60. The van der Waals surface area contributed by atoms with Crippen molar-refractivity contribution in [2.45, 2.75) is 18.8 Å². The van der Waals surface area contributed by atoms with E-state index in [0.717, 1.165) is 0 Å². The average molecular weight is 206 g/mol. The number of pyridine rings is 1. The van der Waals surface area contributed by atoms with Gasteiger partial charge in [-0.05, 0) is 6.07 Å². The number of hydrogen-bond acceptors (Lipinski definition) is 3. The van der Waals surface area contributed by atoms with Gasteiger partial charge >= 0.3 is 6.18 Å². The quantitative estimate of drug-likeness (QED) is 0.762. The number of aliphatic hydroxyl groups excluding tert-OH is 1. The van der Waals surface area contributed by atoms with Crippen molar-refractivity contribution in [1.29, 1.82) is 0 Å². The minimum Gasteiger partial charge on any atom is -0.390 e. The molecule has 0 fully saturated rings. The van der Waals surface area contributed by atoms with Crippen molar-refractivity contribution in [3.63, 3.8) is 0 Å². The molecule has 0 bridgehead atoms. The van der Waals surface area contributed by atoms with E-state index in [4.69, 9.17) is 10.8 Å². The van der Waals surface area contributed by atoms with Gasteiger partial charge in [0.2, 0.25) is 0 Å². The van der Waals surface area contributed by atoms with Crippen molar-refractivity contribution < 1.29 is 18.3 Å². The molecule has 0 saturated heterocycles. The van der Waals surface area contributed by atoms with Crippen LogP contribution in [0.3, 0.4) is 0 Å². The molecule has 6 heteroatoms. The van der Waals surface area contributed by atoms with E-state index in [1.54, 1.807) is 0 Å². The summed E-state index contributed by atoms with van der Waals surface area (Å²) >= 11 is 0. The summed E-state index contributed by atoms with van der Waals surface area (Å²) in [6.07, 6.45) is -3.22. The third kappa shape index (κ3) is 2.21. The molecule has 1 atom stereocenters. The Balaban J connectivity index is 3.06. The largest absolute Gasteiger partial charge is 0.407 e. The molecular weight excluding hydrogens is 197 g/mol. The number of hydrogen-bond donors (Lipinski definition) is 2. The molecule has 0 aliphatic carbocycles. The van der Waals surface area contributed by atoms with Crippen LogP contribution in [0.5, 0.6) is 0 Å². The van der Waals surface area contributed by atoms with Crippen LogP contribution in [0.15, 0.2) is 18.3 Å². The summed E-state index contributed by atoms with van der Waals surface area (Å²) in [6.45, 7) is -0.556. The number of nitrogens with zero attached hydrogens (tertiary/aromatic N) is 1. The van der Waals surface area contributed by atoms with Gasteiger partial charge < -0.3 is 10.8 Å². The molecule has 0 spiro atoms. The van der Waals surface area contributed by atoms with Crippen molar-refractivity contribution in [3.8, 4) is 0 Å². The molecule has 1 aromatic heterocycles. The van der Waals surface area contributed by atoms with E-state index in [0.29, 0.717) is 0 Å². The van der Waals surface area contributed by atoms with Gasteiger partial charge in [-0.1, -0.05) is 6.07 Å². The van der Waals surface area contributed by atoms with Gasteiger partial charge in [0, 0.05) is 11.8 Å². The molecule has 3 nitrogen and oxygen atoms in total. The Bertz CT molecular complexity index is 314. The van der Waals surface area contributed by atoms with Gasteiger partial charge in [-0.25, -0.2) is 0 Å². The fourth-order valence-electron chi connectivity index (χ4n) is 1.04. The average Bonchev–Trinajstić information content (AvgIpc) is 2.15. The van der Waals surface area contributed by atoms with E-state index in [2.05, 4.69) is 4.98 Å². The highest BCUT2D eigenvalue weighted by molar-refractivity contribution is 5.24. The van der Waals surface area contributed by atoms with Crippen LogP contribution in [-0.4, -0.2) is 16.3 Å². The lowest BCUT2D eigenvalue weighted by Gasteiger charge is -2.17. The van der Waals surface area contributed by atoms with Gasteiger partial charge in [-0.15, -0.1) is 0 Å². The van der Waals surface area contributed by atoms with Crippen LogP contribution >= 0.6 is 0 Å². The van der Waals surface area contributed by atoms with Crippen molar-refractivity contribution >= 4 is 0 Å². The predicted molar refractivity (Wildman–Crippen MR) is 43.1 cm³/mol. The van der Waals surface area contributed by atoms with Crippen LogP contribution in [-0.2, 0) is 6.61 Å². The number of nitrogens with two attached hydrogens (primary N) is 1. The van der Waals surface area contributed by atoms with Crippen LogP contribution < -0.4 is 5.73 Å². The Morgan fingerprint density at radius 2 is 2.14 bits per heavy atom. The van der Waals surface area contributed by atoms with Crippen molar-refractivity contribution in [3.05, 3.63) is 29.6 Å². The summed E-state index contributed by atoms with van der Waals surface area (Å²) in [7, 11) is 0. The number of aromatic nitrogens is 1. The summed E-state index contributed by atoms with van der Waals surface area (Å²) in [5.74, 6) is 0. The Morgan fingerprint density at radius 1 is 1.50 bits per heavy atom. The molecule has 1 unspecified atom stereocenters. The first-order chi connectivity index (χ1) is 6.46. The fourth-order valence-corrected chi connectivity index (χ4v) is 1.04. The van der Waals surface area contributed by atoms with Crippen LogP contribution in [0.25, 0.3) is 0 Å². The van der Waals surface area contributed by atoms with E-state index in [1.807, 2.05) is 0 Å². The normalized spacial score (nSPS) is 14.1. The highest BCUT2D eigenvalue weighted by atomic mass is 19.4. The van der Waals surface area contributed by atoms with Crippen LogP contribution in [0.2, 0.25) is 0 Å². The second kappa shape index (κ2) is 3.93. The fraction of sp³-hybridized carbons (Fsp3) is 0.375. The van der Waals surface area contributed by atoms with E-state index < -0.39 is 18.8 Å². The molecule has 0 saturated carbocycles. The molecule has 1 aromatic rings. The van der Waals surface area contributed by atoms with Crippen molar-refractivity contribution in [2.24, 2.45) is 5.73 Å². The molecule has 1 rings (SSSR count). The first kappa shape index (κ1) is 10.9. The molecule has 14 heavy (non-hydrogen) atoms. The van der Waals surface area contributed by atoms with Gasteiger partial charge in [0.05, 0.1) is 12.3 Å². The zero-order valence-corrected chi connectivity index (χ0v) is 7.12. The number of halogens is 3. The smallest absolute Gasteiger partial charge is 0.390 e. The van der Waals surface area contributed by atoms with Gasteiger partial charge in [0.25, 0.3) is 0 Å². The minimum absolute atomic E-state index is 0.0441. The molecule has 0 aliphatic heterocycles. The second-order valence-electron chi connectivity index (χ2n) is 2.72. The first-order valence-electron chi connectivity index (χ1n) is 3.83. The summed E-state index contributed by atoms with van der Waals surface area (Å²) in [5.41, 5.74) is 4.74. The second-order valence-corrected chi connectivity index (χ2v) is 2.72. The van der Waals surface area contributed by atoms with E-state index in [1.165, 1.54) is 18.3 Å². The lowest BCUT2D eigenvalue weighted by atomic mass is 10.1. The molecular formula is C8H9F3N2O. The maximum absolute atomic E-state index is 12.2. The SMILES string of the molecule is NC(c1cccnc1CO)C(F)(F)F. The van der Waals surface area contributed by atoms with Gasteiger partial charge in [0.1, 0.15) is 6.04 Å². The molecule has 78 valence electrons. The minimum atomic E-state index is -4.52. The highest BCUT2D eigenvalue weighted by Crippen LogP contribution is 2.31. The number of aliphatic hydroxyl groups is 1. The molecule has 0 aliphatic rings. The van der Waals surface area contributed by atoms with Crippen molar-refractivity contribution in [2.75, 3.05) is 0 Å². The molecule has 0 radical (unpaired) electrons. The lowest BCUT2D eigenvalue weighted by Crippen LogP contribution is -2.29. The van der Waals surface area contributed by atoms with E-state index in [-0.39, 0.29) is 11.3 Å². The monoisotopic (exact) mass is 206 g/mol. The zero-order chi connectivity index (χ0) is 10.8. The molecule has 3 N–H and O–H groups in total. The van der Waals surface area contributed by atoms with Crippen LogP contribution in [0.4, 0.5) is 13.2 Å². The van der Waals surface area contributed by atoms with Crippen molar-refractivity contribution in [1.82, 2.24) is 4.98 Å². The Hall–Kier alpha value is -1.14. The molecule has 0 amide bonds. The van der Waals surface area contributed by atoms with Crippen LogP contribution in [0, 0.1) is 0 Å². The zero-order valence-electron chi connectivity index (χ0n) is 7.12. The maximum atomic E-state index is 12.2. The summed E-state index contributed by atoms with van der Waals surface area (Å²) in [5, 5.41) is 8.75. The Kier molecular flexibility index (Phi) is 3.07. The lowest BCUT2D eigenvalue weighted by molar-refractivity contribution is -0.149. The Labute approximate surface area is 78.4 Å². The third-order valence-corrected chi connectivity index (χ3v) is 1.76. The highest BCUT2D eigenvalue weighted by Gasteiger charge is 2.39. The van der Waals surface area contributed by atoms with Gasteiger partial charge in [0.15, 0.2) is 0 Å². The molecule has 1 heterocycles. The van der Waals surface area contributed by atoms with Gasteiger partial charge in [-0.2, -0.15) is 13.2 Å².